The maximum absolute atomic E-state index is 12.9. The van der Waals surface area contributed by atoms with Gasteiger partial charge in [-0.15, -0.1) is 0 Å². The van der Waals surface area contributed by atoms with Gasteiger partial charge in [0.05, 0.1) is 49.0 Å². The second-order valence-electron chi connectivity index (χ2n) is 15.7. The maximum Gasteiger partial charge on any atom is 0.225 e. The van der Waals surface area contributed by atoms with E-state index in [4.69, 9.17) is 14.2 Å². The van der Waals surface area contributed by atoms with Gasteiger partial charge in [-0.2, -0.15) is 0 Å². The molecule has 50 heavy (non-hydrogen) atoms. The van der Waals surface area contributed by atoms with Crippen LogP contribution in [-0.2, 0) is 28.6 Å². The van der Waals surface area contributed by atoms with E-state index < -0.39 is 23.9 Å². The summed E-state index contributed by atoms with van der Waals surface area (Å²) in [5.74, 6) is -0.680. The lowest BCUT2D eigenvalue weighted by Crippen LogP contribution is -2.50. The first-order chi connectivity index (χ1) is 23.7. The van der Waals surface area contributed by atoms with Crippen LogP contribution in [0.4, 0.5) is 0 Å². The summed E-state index contributed by atoms with van der Waals surface area (Å²) in [4.78, 5) is 37.6. The minimum absolute atomic E-state index is 0.0223. The van der Waals surface area contributed by atoms with Crippen molar-refractivity contribution in [3.8, 4) is 0 Å². The third-order valence-electron chi connectivity index (χ3n) is 11.2. The standard InChI is InChI=1S/C40H68N2O8/c1-8-11-32(44)23-34-17-15-27(3)37(48-34)24-38(46)42-25-35(45)30(6)39(47)41-21-10-13-36-28(4)18-20-40(50-36)19-9-12-33(49-40)16-14-26(2)22-29(5)31(7)43/h8,11,22,26-28,30-31,33-37,43,45H,9-10,12-21,23-25H2,1-7H3,(H,41,47)(H,42,46)/b11-8+,29-22+/t26-,27-,28-,30-,31-,33-,34+,35+,36+,37-,40-/m0/s1. The number of rotatable bonds is 18. The van der Waals surface area contributed by atoms with Gasteiger partial charge >= 0.3 is 0 Å². The van der Waals surface area contributed by atoms with Crippen molar-refractivity contribution in [2.45, 2.75) is 174 Å². The molecule has 2 amide bonds. The number of ether oxygens (including phenoxy) is 3. The minimum atomic E-state index is -1.02. The number of carbonyl (C=O) groups excluding carboxylic acids is 3. The highest BCUT2D eigenvalue weighted by Gasteiger charge is 2.44. The summed E-state index contributed by atoms with van der Waals surface area (Å²) in [6.07, 6.45) is 14.5. The lowest BCUT2D eigenvalue weighted by Gasteiger charge is -2.48. The fourth-order valence-electron chi connectivity index (χ4n) is 7.51. The van der Waals surface area contributed by atoms with Crippen molar-refractivity contribution in [1.82, 2.24) is 10.6 Å². The van der Waals surface area contributed by atoms with E-state index in [1.54, 1.807) is 26.0 Å². The molecule has 0 saturated carbocycles. The smallest absolute Gasteiger partial charge is 0.225 e. The highest BCUT2D eigenvalue weighted by Crippen LogP contribution is 2.43. The molecule has 10 heteroatoms. The van der Waals surface area contributed by atoms with Crippen molar-refractivity contribution in [2.24, 2.45) is 23.7 Å². The summed E-state index contributed by atoms with van der Waals surface area (Å²) >= 11 is 0. The molecular weight excluding hydrogens is 636 g/mol. The van der Waals surface area contributed by atoms with E-state index >= 15 is 0 Å². The number of hydrogen-bond acceptors (Lipinski definition) is 8. The van der Waals surface area contributed by atoms with Gasteiger partial charge < -0.3 is 35.1 Å². The molecule has 0 aromatic heterocycles. The predicted octanol–water partition coefficient (Wildman–Crippen LogP) is 5.93. The maximum atomic E-state index is 12.9. The topological polar surface area (TPSA) is 143 Å². The Labute approximate surface area is 301 Å². The summed E-state index contributed by atoms with van der Waals surface area (Å²) < 4.78 is 19.5. The van der Waals surface area contributed by atoms with Crippen LogP contribution in [0.25, 0.3) is 0 Å². The van der Waals surface area contributed by atoms with E-state index in [1.165, 1.54) is 0 Å². The Morgan fingerprint density at radius 3 is 2.36 bits per heavy atom. The average Bonchev–Trinajstić information content (AvgIpc) is 3.07. The monoisotopic (exact) mass is 704 g/mol. The van der Waals surface area contributed by atoms with Crippen LogP contribution in [-0.4, -0.2) is 83.3 Å². The molecule has 3 rings (SSSR count). The number of allylic oxidation sites excluding steroid dienone is 3. The molecule has 286 valence electrons. The molecule has 3 aliphatic rings. The summed E-state index contributed by atoms with van der Waals surface area (Å²) in [6, 6.07) is 0. The lowest BCUT2D eigenvalue weighted by molar-refractivity contribution is -0.324. The van der Waals surface area contributed by atoms with Crippen molar-refractivity contribution in [2.75, 3.05) is 13.1 Å². The quantitative estimate of drug-likeness (QED) is 0.0782. The zero-order valence-corrected chi connectivity index (χ0v) is 32.0. The highest BCUT2D eigenvalue weighted by molar-refractivity contribution is 5.89. The first kappa shape index (κ1) is 42.3. The zero-order chi connectivity index (χ0) is 36.8. The van der Waals surface area contributed by atoms with Crippen molar-refractivity contribution in [3.05, 3.63) is 23.8 Å². The Hall–Kier alpha value is -2.11. The summed E-state index contributed by atoms with van der Waals surface area (Å²) in [6.45, 7) is 14.2. The molecule has 3 saturated heterocycles. The predicted molar refractivity (Wildman–Crippen MR) is 195 cm³/mol. The van der Waals surface area contributed by atoms with Gasteiger partial charge in [0.1, 0.15) is 0 Å². The Morgan fingerprint density at radius 1 is 0.900 bits per heavy atom. The molecule has 10 nitrogen and oxygen atoms in total. The van der Waals surface area contributed by atoms with Crippen molar-refractivity contribution in [3.63, 3.8) is 0 Å². The largest absolute Gasteiger partial charge is 0.390 e. The van der Waals surface area contributed by atoms with Gasteiger partial charge in [0.15, 0.2) is 11.6 Å². The Bertz CT molecular complexity index is 1140. The average molecular weight is 705 g/mol. The number of amides is 2. The first-order valence-corrected chi connectivity index (χ1v) is 19.5. The van der Waals surface area contributed by atoms with E-state index in [9.17, 15) is 24.6 Å². The zero-order valence-electron chi connectivity index (χ0n) is 32.0. The van der Waals surface area contributed by atoms with Crippen LogP contribution in [0.2, 0.25) is 0 Å². The van der Waals surface area contributed by atoms with Gasteiger partial charge in [-0.3, -0.25) is 14.4 Å². The highest BCUT2D eigenvalue weighted by atomic mass is 16.7. The van der Waals surface area contributed by atoms with Gasteiger partial charge in [-0.25, -0.2) is 0 Å². The third kappa shape index (κ3) is 13.8. The Morgan fingerprint density at radius 2 is 1.64 bits per heavy atom. The van der Waals surface area contributed by atoms with Crippen LogP contribution in [0.5, 0.6) is 0 Å². The van der Waals surface area contributed by atoms with Crippen molar-refractivity contribution < 1.29 is 38.8 Å². The van der Waals surface area contributed by atoms with Crippen molar-refractivity contribution in [1.29, 1.82) is 0 Å². The van der Waals surface area contributed by atoms with Crippen LogP contribution < -0.4 is 10.6 Å². The van der Waals surface area contributed by atoms with E-state index in [-0.39, 0.29) is 60.9 Å². The molecule has 1 spiro atoms. The van der Waals surface area contributed by atoms with Gasteiger partial charge in [0.2, 0.25) is 11.8 Å². The van der Waals surface area contributed by atoms with Crippen LogP contribution >= 0.6 is 0 Å². The Kier molecular flexibility index (Phi) is 17.6. The molecule has 11 atom stereocenters. The molecule has 3 aliphatic heterocycles. The molecule has 0 unspecified atom stereocenters. The number of carbonyl (C=O) groups is 3. The van der Waals surface area contributed by atoms with Crippen molar-refractivity contribution >= 4 is 17.6 Å². The second kappa shape index (κ2) is 20.8. The van der Waals surface area contributed by atoms with E-state index in [1.807, 2.05) is 20.8 Å². The fourth-order valence-corrected chi connectivity index (χ4v) is 7.51. The Balaban J connectivity index is 1.36. The molecule has 0 aromatic carbocycles. The first-order valence-electron chi connectivity index (χ1n) is 19.5. The number of aliphatic hydroxyl groups excluding tert-OH is 2. The number of nitrogens with one attached hydrogen (secondary N) is 2. The van der Waals surface area contributed by atoms with E-state index in [0.29, 0.717) is 24.8 Å². The second-order valence-corrected chi connectivity index (χ2v) is 15.7. The van der Waals surface area contributed by atoms with Crippen LogP contribution in [0, 0.1) is 23.7 Å². The van der Waals surface area contributed by atoms with Crippen LogP contribution in [0.3, 0.4) is 0 Å². The minimum Gasteiger partial charge on any atom is -0.390 e. The molecule has 0 radical (unpaired) electrons. The van der Waals surface area contributed by atoms with E-state index in [0.717, 1.165) is 76.2 Å². The molecule has 4 N–H and O–H groups in total. The van der Waals surface area contributed by atoms with E-state index in [2.05, 4.69) is 30.6 Å². The number of aliphatic hydroxyl groups is 2. The number of ketones is 1. The summed E-state index contributed by atoms with van der Waals surface area (Å²) in [5.41, 5.74) is 1.01. The van der Waals surface area contributed by atoms with Crippen LogP contribution in [0.15, 0.2) is 23.8 Å². The molecule has 0 aromatic rings. The molecule has 3 fully saturated rings. The fraction of sp³-hybridized carbons (Fsp3) is 0.825. The SMILES string of the molecule is C/C=C/C(=O)C[C@H]1CC[C@H](C)[C@H](CC(=O)NC[C@@H](O)[C@H](C)C(=O)NCCC[C@H]2O[C@@]3(CCC[C@@H](CC[C@H](C)/C=C(\C)[C@H](C)O)O3)CC[C@@H]2C)O1. The normalized spacial score (nSPS) is 31.6. The van der Waals surface area contributed by atoms with Gasteiger partial charge in [0, 0.05) is 32.4 Å². The van der Waals surface area contributed by atoms with Gasteiger partial charge in [-0.1, -0.05) is 39.8 Å². The van der Waals surface area contributed by atoms with Crippen LogP contribution in [0.1, 0.15) is 132 Å². The summed E-state index contributed by atoms with van der Waals surface area (Å²) in [5, 5.41) is 26.2. The third-order valence-corrected chi connectivity index (χ3v) is 11.2. The molecular formula is C40H68N2O8. The van der Waals surface area contributed by atoms with Gasteiger partial charge in [0.25, 0.3) is 0 Å². The lowest BCUT2D eigenvalue weighted by atomic mass is 9.85. The molecule has 0 bridgehead atoms. The molecule has 3 heterocycles. The molecule has 0 aliphatic carbocycles. The number of hydrogen-bond donors (Lipinski definition) is 4. The van der Waals surface area contributed by atoms with Gasteiger partial charge in [-0.05, 0) is 108 Å². The summed E-state index contributed by atoms with van der Waals surface area (Å²) in [7, 11) is 0.